The fraction of sp³-hybridized carbons (Fsp3) is 0. The Morgan fingerprint density at radius 3 is 1.24 bits per heavy atom. The van der Waals surface area contributed by atoms with Gasteiger partial charge in [-0.1, -0.05) is 121 Å². The van der Waals surface area contributed by atoms with E-state index in [0.29, 0.717) is 11.1 Å². The van der Waals surface area contributed by atoms with Gasteiger partial charge in [0.1, 0.15) is 22.3 Å². The van der Waals surface area contributed by atoms with Gasteiger partial charge in [0, 0.05) is 54.9 Å². The van der Waals surface area contributed by atoms with Gasteiger partial charge in [-0.2, -0.15) is 5.26 Å². The molecule has 0 saturated heterocycles. The molecule has 0 bridgehead atoms. The van der Waals surface area contributed by atoms with Crippen LogP contribution in [0, 0.1) is 16.7 Å². The van der Waals surface area contributed by atoms with Crippen LogP contribution in [-0.2, 0) is 0 Å². The normalized spacial score (nSPS) is 12.0. The molecule has 6 nitrogen and oxygen atoms in total. The Morgan fingerprint density at radius 1 is 0.371 bits per heavy atom. The summed E-state index contributed by atoms with van der Waals surface area (Å²) in [5, 5.41) is 33.5. The predicted molar refractivity (Wildman–Crippen MR) is 288 cm³/mol. The second kappa shape index (κ2) is 14.4. The van der Waals surface area contributed by atoms with Crippen molar-refractivity contribution in [2.45, 2.75) is 0 Å². The van der Waals surface area contributed by atoms with E-state index in [1.54, 1.807) is 0 Å². The molecule has 70 heavy (non-hydrogen) atoms. The number of rotatable bonds is 5. The van der Waals surface area contributed by atoms with Gasteiger partial charge in [-0.3, -0.25) is 0 Å². The van der Waals surface area contributed by atoms with Crippen molar-refractivity contribution < 1.29 is 8.83 Å². The van der Waals surface area contributed by atoms with Crippen molar-refractivity contribution in [2.24, 2.45) is 0 Å². The van der Waals surface area contributed by atoms with E-state index in [9.17, 15) is 10.7 Å². The fourth-order valence-corrected chi connectivity index (χ4v) is 11.5. The van der Waals surface area contributed by atoms with Crippen LogP contribution in [0.15, 0.2) is 215 Å². The van der Waals surface area contributed by atoms with Crippen LogP contribution >= 0.6 is 0 Å². The number of fused-ring (bicyclic) bond motifs is 16. The zero-order chi connectivity index (χ0) is 46.2. The first-order valence-electron chi connectivity index (χ1n) is 23.4. The molecule has 0 saturated carbocycles. The molecule has 6 heteroatoms. The van der Waals surface area contributed by atoms with E-state index in [4.69, 9.17) is 8.83 Å². The van der Waals surface area contributed by atoms with Gasteiger partial charge >= 0.3 is 0 Å². The molecular weight excluding hydrogens is 857 g/mol. The van der Waals surface area contributed by atoms with Crippen molar-refractivity contribution in [2.75, 3.05) is 0 Å². The van der Waals surface area contributed by atoms with Crippen molar-refractivity contribution in [3.63, 3.8) is 0 Å². The standard InChI is InChI=1S/C64H36N4O2/c65-35-37-29-57(67-53-25-21-40(31-50(53)63-44-11-3-1-9-38(44)19-27-55(63)67)42-17-23-48-46-13-5-7-15-59(46)69-61(48)33-42)52(36-66)58(30-37)68-54-26-22-41(32-51(54)64-45-12-4-2-10-39(45)20-28-56(64)68)43-18-24-49-47-14-6-8-16-60(47)70-62(49)34-43/h1-34,36,66H. The van der Waals surface area contributed by atoms with E-state index in [2.05, 4.69) is 173 Å². The van der Waals surface area contributed by atoms with Crippen LogP contribution in [0.25, 0.3) is 143 Å². The maximum Gasteiger partial charge on any atom is 0.136 e. The Kier molecular flexibility index (Phi) is 7.90. The third-order valence-electron chi connectivity index (χ3n) is 14.6. The molecule has 4 aromatic heterocycles. The first kappa shape index (κ1) is 38.4. The number of hydrogen-bond acceptors (Lipinski definition) is 4. The summed E-state index contributed by atoms with van der Waals surface area (Å²) in [6.07, 6.45) is 1.46. The number of nitriles is 1. The monoisotopic (exact) mass is 892 g/mol. The van der Waals surface area contributed by atoms with Crippen LogP contribution in [0.3, 0.4) is 0 Å². The summed E-state index contributed by atoms with van der Waals surface area (Å²) in [6, 6.07) is 74.7. The number of furan rings is 2. The summed E-state index contributed by atoms with van der Waals surface area (Å²) in [5.41, 5.74) is 14.3. The average molecular weight is 893 g/mol. The molecule has 0 radical (unpaired) electrons. The van der Waals surface area contributed by atoms with E-state index in [1.807, 2.05) is 48.5 Å². The Bertz CT molecular complexity index is 4530. The molecule has 0 amide bonds. The average Bonchev–Trinajstić information content (AvgIpc) is 4.17. The molecule has 0 unspecified atom stereocenters. The third-order valence-corrected chi connectivity index (χ3v) is 14.6. The highest BCUT2D eigenvalue weighted by atomic mass is 16.3. The van der Waals surface area contributed by atoms with Gasteiger partial charge in [-0.05, 0) is 129 Å². The van der Waals surface area contributed by atoms with Gasteiger partial charge in [0.2, 0.25) is 0 Å². The molecule has 0 atom stereocenters. The molecule has 15 aromatic rings. The van der Waals surface area contributed by atoms with E-state index in [-0.39, 0.29) is 0 Å². The van der Waals surface area contributed by atoms with Crippen molar-refractivity contribution in [3.05, 3.63) is 217 Å². The smallest absolute Gasteiger partial charge is 0.136 e. The number of benzene rings is 11. The molecule has 15 rings (SSSR count). The summed E-state index contributed by atoms with van der Waals surface area (Å²) < 4.78 is 17.2. The third kappa shape index (κ3) is 5.40. The maximum absolute atomic E-state index is 10.9. The summed E-state index contributed by atoms with van der Waals surface area (Å²) >= 11 is 0. The Labute approximate surface area is 399 Å². The van der Waals surface area contributed by atoms with Gasteiger partial charge < -0.3 is 23.4 Å². The van der Waals surface area contributed by atoms with Gasteiger partial charge in [0.25, 0.3) is 0 Å². The minimum Gasteiger partial charge on any atom is -0.456 e. The topological polar surface area (TPSA) is 83.8 Å². The largest absolute Gasteiger partial charge is 0.456 e. The fourth-order valence-electron chi connectivity index (χ4n) is 11.5. The number of nitrogens with zero attached hydrogens (tertiary/aromatic N) is 3. The minimum absolute atomic E-state index is 0.494. The second-order valence-corrected chi connectivity index (χ2v) is 18.3. The molecule has 1 N–H and O–H groups in total. The summed E-state index contributed by atoms with van der Waals surface area (Å²) in [5.74, 6) is 0. The molecule has 4 heterocycles. The van der Waals surface area contributed by atoms with Crippen molar-refractivity contribution in [3.8, 4) is 39.7 Å². The van der Waals surface area contributed by atoms with E-state index >= 15 is 0 Å². The highest BCUT2D eigenvalue weighted by Gasteiger charge is 2.24. The van der Waals surface area contributed by atoms with Crippen LogP contribution in [0.5, 0.6) is 0 Å². The highest BCUT2D eigenvalue weighted by molar-refractivity contribution is 6.24. The lowest BCUT2D eigenvalue weighted by molar-refractivity contribution is 0.668. The molecule has 0 spiro atoms. The Hall–Kier alpha value is -9.70. The van der Waals surface area contributed by atoms with Crippen LogP contribution in [0.4, 0.5) is 0 Å². The van der Waals surface area contributed by atoms with E-state index in [1.165, 1.54) is 6.21 Å². The second-order valence-electron chi connectivity index (χ2n) is 18.3. The molecule has 0 fully saturated rings. The van der Waals surface area contributed by atoms with Gasteiger partial charge in [-0.15, -0.1) is 0 Å². The molecular formula is C64H36N4O2. The number of para-hydroxylation sites is 2. The van der Waals surface area contributed by atoms with E-state index in [0.717, 1.165) is 143 Å². The van der Waals surface area contributed by atoms with Gasteiger partial charge in [0.05, 0.1) is 45.1 Å². The zero-order valence-electron chi connectivity index (χ0n) is 37.4. The zero-order valence-corrected chi connectivity index (χ0v) is 37.4. The van der Waals surface area contributed by atoms with Gasteiger partial charge in [0.15, 0.2) is 0 Å². The highest BCUT2D eigenvalue weighted by Crippen LogP contribution is 2.44. The Balaban J connectivity index is 0.980. The first-order chi connectivity index (χ1) is 34.6. The quantitative estimate of drug-likeness (QED) is 0.175. The summed E-state index contributed by atoms with van der Waals surface area (Å²) in [6.45, 7) is 0. The van der Waals surface area contributed by atoms with Gasteiger partial charge in [-0.25, -0.2) is 0 Å². The summed E-state index contributed by atoms with van der Waals surface area (Å²) in [4.78, 5) is 0. The molecule has 11 aromatic carbocycles. The van der Waals surface area contributed by atoms with E-state index < -0.39 is 0 Å². The number of nitrogens with one attached hydrogen (secondary N) is 1. The lowest BCUT2D eigenvalue weighted by Crippen LogP contribution is -2.07. The number of aromatic nitrogens is 2. The van der Waals surface area contributed by atoms with Crippen molar-refractivity contribution in [1.82, 2.24) is 9.13 Å². The molecule has 0 aliphatic rings. The molecule has 0 aliphatic heterocycles. The predicted octanol–water partition coefficient (Wildman–Crippen LogP) is 17.2. The van der Waals surface area contributed by atoms with Crippen LogP contribution in [0.2, 0.25) is 0 Å². The minimum atomic E-state index is 0.494. The molecule has 324 valence electrons. The van der Waals surface area contributed by atoms with Crippen molar-refractivity contribution >= 4 is 115 Å². The van der Waals surface area contributed by atoms with Crippen LogP contribution in [0.1, 0.15) is 11.1 Å². The molecule has 0 aliphatic carbocycles. The van der Waals surface area contributed by atoms with Crippen molar-refractivity contribution in [1.29, 1.82) is 10.7 Å². The first-order valence-corrected chi connectivity index (χ1v) is 23.4. The SMILES string of the molecule is N#Cc1cc(-n2c3ccc(-c4ccc5c(c4)oc4ccccc45)cc3c3c4ccccc4ccc32)c(C=N)c(-n2c3ccc(-c4ccc5c(c4)oc4ccccc45)cc3c3c4ccccc4ccc32)c1. The lowest BCUT2D eigenvalue weighted by atomic mass is 9.99. The number of hydrogen-bond donors (Lipinski definition) is 1. The summed E-state index contributed by atoms with van der Waals surface area (Å²) in [7, 11) is 0. The van der Waals surface area contributed by atoms with Crippen LogP contribution in [-0.4, -0.2) is 15.3 Å². The maximum atomic E-state index is 10.9. The lowest BCUT2D eigenvalue weighted by Gasteiger charge is -2.18. The van der Waals surface area contributed by atoms with Crippen LogP contribution < -0.4 is 0 Å². The Morgan fingerprint density at radius 2 is 0.771 bits per heavy atom.